The van der Waals surface area contributed by atoms with E-state index in [0.29, 0.717) is 5.56 Å². The van der Waals surface area contributed by atoms with Gasteiger partial charge in [-0.1, -0.05) is 0 Å². The molecule has 0 aliphatic heterocycles. The lowest BCUT2D eigenvalue weighted by Crippen LogP contribution is -1.91. The zero-order valence-electron chi connectivity index (χ0n) is 6.13. The summed E-state index contributed by atoms with van der Waals surface area (Å²) in [5, 5.41) is 17.7. The molecule has 3 heteroatoms. The zero-order valence-corrected chi connectivity index (χ0v) is 6.13. The third kappa shape index (κ3) is 1.24. The van der Waals surface area contributed by atoms with Gasteiger partial charge in [0.15, 0.2) is 0 Å². The number of rotatable bonds is 0. The third-order valence-electron chi connectivity index (χ3n) is 1.42. The molecule has 0 saturated heterocycles. The minimum Gasteiger partial charge on any atom is -0.506 e. The van der Waals surface area contributed by atoms with E-state index in [1.54, 1.807) is 13.0 Å². The van der Waals surface area contributed by atoms with Crippen molar-refractivity contribution in [2.75, 3.05) is 5.73 Å². The molecule has 0 heterocycles. The van der Waals surface area contributed by atoms with Crippen LogP contribution in [0.4, 0.5) is 5.69 Å². The number of benzene rings is 1. The average molecular weight is 148 g/mol. The summed E-state index contributed by atoms with van der Waals surface area (Å²) in [5.74, 6) is -0.0263. The Bertz CT molecular complexity index is 326. The van der Waals surface area contributed by atoms with Crippen LogP contribution in [0.2, 0.25) is 0 Å². The Morgan fingerprint density at radius 3 is 2.73 bits per heavy atom. The Balaban J connectivity index is 3.39. The minimum absolute atomic E-state index is 0.0263. The van der Waals surface area contributed by atoms with E-state index in [2.05, 4.69) is 0 Å². The highest BCUT2D eigenvalue weighted by Crippen LogP contribution is 2.24. The molecule has 0 amide bonds. The molecular formula is C8H8N2O. The normalized spacial score (nSPS) is 9.09. The number of nitrogens with zero attached hydrogens (tertiary/aromatic N) is 1. The van der Waals surface area contributed by atoms with Gasteiger partial charge in [0, 0.05) is 0 Å². The van der Waals surface area contributed by atoms with Gasteiger partial charge < -0.3 is 10.8 Å². The molecule has 56 valence electrons. The van der Waals surface area contributed by atoms with Crippen LogP contribution in [0.1, 0.15) is 11.1 Å². The summed E-state index contributed by atoms with van der Waals surface area (Å²) in [6, 6.07) is 5.05. The zero-order chi connectivity index (χ0) is 8.43. The number of hydrogen-bond acceptors (Lipinski definition) is 3. The Morgan fingerprint density at radius 1 is 1.55 bits per heavy atom. The van der Waals surface area contributed by atoms with Crippen LogP contribution < -0.4 is 5.73 Å². The molecule has 0 atom stereocenters. The van der Waals surface area contributed by atoms with Gasteiger partial charge in [0.2, 0.25) is 0 Å². The number of phenolic OH excluding ortho intramolecular Hbond substituents is 1. The third-order valence-corrected chi connectivity index (χ3v) is 1.42. The summed E-state index contributed by atoms with van der Waals surface area (Å²) in [6.45, 7) is 1.79. The number of nitrogen functional groups attached to an aromatic ring is 1. The quantitative estimate of drug-likeness (QED) is 0.428. The van der Waals surface area contributed by atoms with Crippen molar-refractivity contribution in [2.24, 2.45) is 0 Å². The highest BCUT2D eigenvalue weighted by atomic mass is 16.3. The van der Waals surface area contributed by atoms with E-state index in [9.17, 15) is 0 Å². The van der Waals surface area contributed by atoms with Crippen LogP contribution in [0.5, 0.6) is 5.75 Å². The highest BCUT2D eigenvalue weighted by Gasteiger charge is 2.03. The van der Waals surface area contributed by atoms with Crippen molar-refractivity contribution in [3.63, 3.8) is 0 Å². The maximum atomic E-state index is 9.14. The van der Waals surface area contributed by atoms with Crippen molar-refractivity contribution >= 4 is 5.69 Å². The fourth-order valence-corrected chi connectivity index (χ4v) is 0.871. The number of hydrogen-bond donors (Lipinski definition) is 2. The average Bonchev–Trinajstić information content (AvgIpc) is 1.96. The first kappa shape index (κ1) is 7.42. The maximum absolute atomic E-state index is 9.14. The van der Waals surface area contributed by atoms with Crippen LogP contribution in [0.3, 0.4) is 0 Å². The van der Waals surface area contributed by atoms with Gasteiger partial charge in [-0.25, -0.2) is 0 Å². The Labute approximate surface area is 64.7 Å². The predicted molar refractivity (Wildman–Crippen MR) is 42.0 cm³/mol. The molecule has 0 aromatic heterocycles. The molecule has 1 aromatic carbocycles. The minimum atomic E-state index is -0.0263. The first-order valence-corrected chi connectivity index (χ1v) is 3.14. The fourth-order valence-electron chi connectivity index (χ4n) is 0.871. The van der Waals surface area contributed by atoms with Crippen LogP contribution in [0.25, 0.3) is 0 Å². The molecule has 0 bridgehead atoms. The number of anilines is 1. The molecule has 1 rings (SSSR count). The Morgan fingerprint density at radius 2 is 2.18 bits per heavy atom. The van der Waals surface area contributed by atoms with Gasteiger partial charge in [0.25, 0.3) is 0 Å². The molecule has 0 aliphatic rings. The number of nitriles is 1. The van der Waals surface area contributed by atoms with Crippen molar-refractivity contribution in [3.05, 3.63) is 23.3 Å². The summed E-state index contributed by atoms with van der Waals surface area (Å²) >= 11 is 0. The molecule has 3 N–H and O–H groups in total. The summed E-state index contributed by atoms with van der Waals surface area (Å²) < 4.78 is 0. The summed E-state index contributed by atoms with van der Waals surface area (Å²) in [6.07, 6.45) is 0. The largest absolute Gasteiger partial charge is 0.506 e. The molecule has 0 unspecified atom stereocenters. The van der Waals surface area contributed by atoms with Gasteiger partial charge in [0.05, 0.1) is 11.3 Å². The molecule has 0 fully saturated rings. The lowest BCUT2D eigenvalue weighted by Gasteiger charge is -2.01. The van der Waals surface area contributed by atoms with Crippen LogP contribution in [0.15, 0.2) is 12.1 Å². The van der Waals surface area contributed by atoms with Gasteiger partial charge >= 0.3 is 0 Å². The smallest absolute Gasteiger partial charge is 0.140 e. The molecule has 0 aliphatic carbocycles. The Hall–Kier alpha value is -1.69. The molecule has 0 saturated carbocycles. The maximum Gasteiger partial charge on any atom is 0.140 e. The van der Waals surface area contributed by atoms with E-state index in [0.717, 1.165) is 5.56 Å². The van der Waals surface area contributed by atoms with Crippen LogP contribution in [-0.4, -0.2) is 5.11 Å². The van der Waals surface area contributed by atoms with Crippen molar-refractivity contribution < 1.29 is 5.11 Å². The fraction of sp³-hybridized carbons (Fsp3) is 0.125. The van der Waals surface area contributed by atoms with Gasteiger partial charge in [-0.15, -0.1) is 0 Å². The monoisotopic (exact) mass is 148 g/mol. The van der Waals surface area contributed by atoms with Crippen molar-refractivity contribution in [2.45, 2.75) is 6.92 Å². The van der Waals surface area contributed by atoms with Crippen molar-refractivity contribution in [1.82, 2.24) is 0 Å². The topological polar surface area (TPSA) is 70.0 Å². The second-order valence-electron chi connectivity index (χ2n) is 2.36. The molecule has 3 nitrogen and oxygen atoms in total. The summed E-state index contributed by atoms with van der Waals surface area (Å²) in [5.41, 5.74) is 6.69. The molecule has 0 radical (unpaired) electrons. The first-order valence-electron chi connectivity index (χ1n) is 3.14. The molecule has 11 heavy (non-hydrogen) atoms. The van der Waals surface area contributed by atoms with Crippen LogP contribution in [0, 0.1) is 18.3 Å². The van der Waals surface area contributed by atoms with Crippen LogP contribution >= 0.6 is 0 Å². The molecular weight excluding hydrogens is 140 g/mol. The number of phenols is 1. The molecule has 1 aromatic rings. The lowest BCUT2D eigenvalue weighted by molar-refractivity contribution is 0.477. The Kier molecular flexibility index (Phi) is 1.69. The van der Waals surface area contributed by atoms with Crippen molar-refractivity contribution in [1.29, 1.82) is 5.26 Å². The second kappa shape index (κ2) is 2.51. The van der Waals surface area contributed by atoms with Crippen LogP contribution in [-0.2, 0) is 0 Å². The SMILES string of the molecule is Cc1cc(O)c(N)c(C#N)c1. The van der Waals surface area contributed by atoms with Gasteiger partial charge in [-0.05, 0) is 24.6 Å². The summed E-state index contributed by atoms with van der Waals surface area (Å²) in [7, 11) is 0. The number of nitrogens with two attached hydrogens (primary N) is 1. The first-order chi connectivity index (χ1) is 5.15. The van der Waals surface area contributed by atoms with E-state index in [-0.39, 0.29) is 11.4 Å². The van der Waals surface area contributed by atoms with E-state index >= 15 is 0 Å². The second-order valence-corrected chi connectivity index (χ2v) is 2.36. The van der Waals surface area contributed by atoms with E-state index in [1.807, 2.05) is 6.07 Å². The van der Waals surface area contributed by atoms with Crippen molar-refractivity contribution in [3.8, 4) is 11.8 Å². The number of aryl methyl sites for hydroxylation is 1. The van der Waals surface area contributed by atoms with E-state index in [4.69, 9.17) is 16.1 Å². The van der Waals surface area contributed by atoms with Gasteiger partial charge in [-0.3, -0.25) is 0 Å². The highest BCUT2D eigenvalue weighted by molar-refractivity contribution is 5.63. The van der Waals surface area contributed by atoms with E-state index < -0.39 is 0 Å². The number of aromatic hydroxyl groups is 1. The molecule has 0 spiro atoms. The van der Waals surface area contributed by atoms with E-state index in [1.165, 1.54) is 6.07 Å². The van der Waals surface area contributed by atoms with Gasteiger partial charge in [0.1, 0.15) is 11.8 Å². The standard InChI is InChI=1S/C8H8N2O/c1-5-2-6(4-9)8(10)7(11)3-5/h2-3,11H,10H2,1H3. The predicted octanol–water partition coefficient (Wildman–Crippen LogP) is 1.15. The van der Waals surface area contributed by atoms with Gasteiger partial charge in [-0.2, -0.15) is 5.26 Å². The lowest BCUT2D eigenvalue weighted by atomic mass is 10.1. The summed E-state index contributed by atoms with van der Waals surface area (Å²) in [4.78, 5) is 0.